The van der Waals surface area contributed by atoms with Crippen LogP contribution in [0.1, 0.15) is 26.7 Å². The van der Waals surface area contributed by atoms with Crippen LogP contribution >= 0.6 is 0 Å². The number of likely N-dealkylation sites (tertiary alicyclic amines) is 1. The Labute approximate surface area is 163 Å². The average Bonchev–Trinajstić information content (AvgIpc) is 2.69. The number of carbonyl (C=O) groups is 2. The highest BCUT2D eigenvalue weighted by Crippen LogP contribution is 2.22. The van der Waals surface area contributed by atoms with E-state index in [1.807, 2.05) is 13.8 Å². The number of alkyl halides is 2. The van der Waals surface area contributed by atoms with Gasteiger partial charge in [0.25, 0.3) is 0 Å². The lowest BCUT2D eigenvalue weighted by atomic mass is 9.97. The van der Waals surface area contributed by atoms with Crippen molar-refractivity contribution >= 4 is 27.5 Å². The number of nitrogens with one attached hydrogen (secondary N) is 1. The van der Waals surface area contributed by atoms with Crippen LogP contribution in [0.15, 0.2) is 29.2 Å². The molecular weight excluding hydrogens is 392 g/mol. The first kappa shape index (κ1) is 22.1. The maximum atomic E-state index is 12.6. The van der Waals surface area contributed by atoms with Gasteiger partial charge in [0.15, 0.2) is 0 Å². The highest BCUT2D eigenvalue weighted by atomic mass is 32.2. The Hall–Kier alpha value is -2.23. The molecule has 1 aromatic carbocycles. The maximum Gasteiger partial charge on any atom is 0.341 e. The van der Waals surface area contributed by atoms with Gasteiger partial charge in [-0.25, -0.2) is 13.2 Å². The number of amides is 3. The van der Waals surface area contributed by atoms with Crippen LogP contribution in [0.25, 0.3) is 0 Å². The van der Waals surface area contributed by atoms with Crippen LogP contribution in [0.3, 0.4) is 0 Å². The first-order valence-electron chi connectivity index (χ1n) is 9.17. The first-order valence-corrected chi connectivity index (χ1v) is 10.7. The minimum absolute atomic E-state index is 0.0935. The van der Waals surface area contributed by atoms with Crippen LogP contribution in [-0.2, 0) is 14.6 Å². The highest BCUT2D eigenvalue weighted by Gasteiger charge is 2.30. The van der Waals surface area contributed by atoms with Crippen LogP contribution < -0.4 is 5.32 Å². The summed E-state index contributed by atoms with van der Waals surface area (Å²) in [5, 5.41) is 2.66. The predicted molar refractivity (Wildman–Crippen MR) is 101 cm³/mol. The van der Waals surface area contributed by atoms with Gasteiger partial charge in [-0.3, -0.25) is 4.79 Å². The van der Waals surface area contributed by atoms with E-state index in [0.717, 1.165) is 12.1 Å². The summed E-state index contributed by atoms with van der Waals surface area (Å²) in [7, 11) is -4.67. The number of piperidine rings is 1. The fraction of sp³-hybridized carbons (Fsp3) is 0.556. The molecule has 1 aliphatic rings. The second-order valence-electron chi connectivity index (χ2n) is 6.56. The van der Waals surface area contributed by atoms with Crippen LogP contribution in [0, 0.1) is 5.92 Å². The molecule has 1 unspecified atom stereocenters. The Morgan fingerprint density at radius 2 is 1.82 bits per heavy atom. The van der Waals surface area contributed by atoms with Crippen LogP contribution in [0.2, 0.25) is 0 Å². The molecule has 3 amide bonds. The SMILES string of the molecule is CCN(CC)C(=O)N1CCCC(C(=O)Nc2ccc(S(=O)(=O)C(F)F)cc2)C1. The van der Waals surface area contributed by atoms with E-state index in [1.165, 1.54) is 12.1 Å². The smallest absolute Gasteiger partial charge is 0.326 e. The third kappa shape index (κ3) is 4.98. The van der Waals surface area contributed by atoms with Gasteiger partial charge in [0, 0.05) is 31.9 Å². The molecule has 1 heterocycles. The zero-order chi connectivity index (χ0) is 20.9. The fourth-order valence-electron chi connectivity index (χ4n) is 3.13. The van der Waals surface area contributed by atoms with Crippen molar-refractivity contribution in [3.63, 3.8) is 0 Å². The van der Waals surface area contributed by atoms with E-state index in [-0.39, 0.29) is 11.9 Å². The molecule has 7 nitrogen and oxygen atoms in total. The molecule has 1 fully saturated rings. The zero-order valence-corrected chi connectivity index (χ0v) is 16.7. The second kappa shape index (κ2) is 9.31. The Balaban J connectivity index is 2.01. The van der Waals surface area contributed by atoms with Crippen LogP contribution in [-0.4, -0.2) is 62.1 Å². The number of hydrogen-bond acceptors (Lipinski definition) is 4. The molecule has 2 rings (SSSR count). The summed E-state index contributed by atoms with van der Waals surface area (Å²) in [5.41, 5.74) is 0.311. The van der Waals surface area contributed by atoms with E-state index in [0.29, 0.717) is 44.7 Å². The molecule has 1 aliphatic heterocycles. The van der Waals surface area contributed by atoms with Gasteiger partial charge in [-0.1, -0.05) is 0 Å². The van der Waals surface area contributed by atoms with Gasteiger partial charge < -0.3 is 15.1 Å². The Morgan fingerprint density at radius 3 is 2.36 bits per heavy atom. The van der Waals surface area contributed by atoms with Crippen molar-refractivity contribution in [3.05, 3.63) is 24.3 Å². The summed E-state index contributed by atoms with van der Waals surface area (Å²) in [6, 6.07) is 4.52. The van der Waals surface area contributed by atoms with Gasteiger partial charge in [0.2, 0.25) is 15.7 Å². The van der Waals surface area contributed by atoms with Gasteiger partial charge in [0.05, 0.1) is 10.8 Å². The molecule has 0 radical (unpaired) electrons. The van der Waals surface area contributed by atoms with Crippen molar-refractivity contribution in [2.24, 2.45) is 5.92 Å². The van der Waals surface area contributed by atoms with Crippen molar-refractivity contribution in [2.75, 3.05) is 31.5 Å². The van der Waals surface area contributed by atoms with Crippen molar-refractivity contribution in [1.29, 1.82) is 0 Å². The van der Waals surface area contributed by atoms with E-state index in [9.17, 15) is 26.8 Å². The molecule has 0 aromatic heterocycles. The molecule has 1 N–H and O–H groups in total. The number of sulfone groups is 1. The van der Waals surface area contributed by atoms with Gasteiger partial charge in [-0.15, -0.1) is 0 Å². The molecule has 0 saturated carbocycles. The van der Waals surface area contributed by atoms with E-state index >= 15 is 0 Å². The standard InChI is InChI=1S/C18H25F2N3O4S/c1-3-22(4-2)18(25)23-11-5-6-13(12-23)16(24)21-14-7-9-15(10-8-14)28(26,27)17(19)20/h7-10,13,17H,3-6,11-12H2,1-2H3,(H,21,24). The monoisotopic (exact) mass is 417 g/mol. The van der Waals surface area contributed by atoms with E-state index in [1.54, 1.807) is 9.80 Å². The largest absolute Gasteiger partial charge is 0.341 e. The molecule has 0 spiro atoms. The molecule has 0 aliphatic carbocycles. The lowest BCUT2D eigenvalue weighted by molar-refractivity contribution is -0.121. The normalized spacial score (nSPS) is 17.5. The zero-order valence-electron chi connectivity index (χ0n) is 15.9. The molecule has 1 aromatic rings. The summed E-state index contributed by atoms with van der Waals surface area (Å²) in [4.78, 5) is 27.9. The van der Waals surface area contributed by atoms with Gasteiger partial charge >= 0.3 is 11.8 Å². The van der Waals surface area contributed by atoms with Gasteiger partial charge in [-0.05, 0) is 51.0 Å². The van der Waals surface area contributed by atoms with E-state index in [2.05, 4.69) is 5.32 Å². The molecular formula is C18H25F2N3O4S. The number of rotatable bonds is 6. The number of carbonyl (C=O) groups excluding carboxylic acids is 2. The summed E-state index contributed by atoms with van der Waals surface area (Å²) in [6.45, 7) is 5.88. The van der Waals surface area contributed by atoms with Crippen molar-refractivity contribution < 1.29 is 26.8 Å². The number of benzene rings is 1. The first-order chi connectivity index (χ1) is 13.2. The number of urea groups is 1. The topological polar surface area (TPSA) is 86.8 Å². The van der Waals surface area contributed by atoms with Crippen molar-refractivity contribution in [3.8, 4) is 0 Å². The third-order valence-corrected chi connectivity index (χ3v) is 6.18. The lowest BCUT2D eigenvalue weighted by Gasteiger charge is -2.35. The van der Waals surface area contributed by atoms with Crippen molar-refractivity contribution in [1.82, 2.24) is 9.80 Å². The lowest BCUT2D eigenvalue weighted by Crippen LogP contribution is -2.49. The Morgan fingerprint density at radius 1 is 1.21 bits per heavy atom. The summed E-state index contributed by atoms with van der Waals surface area (Å²) in [6.07, 6.45) is 1.34. The quantitative estimate of drug-likeness (QED) is 0.771. The summed E-state index contributed by atoms with van der Waals surface area (Å²) in [5.74, 6) is -4.18. The average molecular weight is 417 g/mol. The molecule has 1 atom stereocenters. The maximum absolute atomic E-state index is 12.6. The minimum atomic E-state index is -4.67. The van der Waals surface area contributed by atoms with Crippen molar-refractivity contribution in [2.45, 2.75) is 37.3 Å². The number of nitrogens with zero attached hydrogens (tertiary/aromatic N) is 2. The molecule has 156 valence electrons. The Bertz CT molecular complexity index is 796. The summed E-state index contributed by atoms with van der Waals surface area (Å²) >= 11 is 0. The minimum Gasteiger partial charge on any atom is -0.326 e. The Kier molecular flexibility index (Phi) is 7.34. The molecule has 28 heavy (non-hydrogen) atoms. The third-order valence-electron chi connectivity index (χ3n) is 4.78. The van der Waals surface area contributed by atoms with E-state index < -0.39 is 26.4 Å². The van der Waals surface area contributed by atoms with Crippen LogP contribution in [0.4, 0.5) is 19.3 Å². The molecule has 10 heteroatoms. The predicted octanol–water partition coefficient (Wildman–Crippen LogP) is 2.80. The second-order valence-corrected chi connectivity index (χ2v) is 8.48. The number of hydrogen-bond donors (Lipinski definition) is 1. The number of anilines is 1. The molecule has 1 saturated heterocycles. The van der Waals surface area contributed by atoms with Gasteiger partial charge in [0.1, 0.15) is 0 Å². The fourth-order valence-corrected chi connectivity index (χ4v) is 3.86. The summed E-state index contributed by atoms with van der Waals surface area (Å²) < 4.78 is 48.0. The van der Waals surface area contributed by atoms with Gasteiger partial charge in [-0.2, -0.15) is 8.78 Å². The van der Waals surface area contributed by atoms with E-state index in [4.69, 9.17) is 0 Å². The van der Waals surface area contributed by atoms with Crippen LogP contribution in [0.5, 0.6) is 0 Å². The molecule has 0 bridgehead atoms. The number of halogens is 2. The highest BCUT2D eigenvalue weighted by molar-refractivity contribution is 7.91.